The van der Waals surface area contributed by atoms with E-state index >= 15 is 0 Å². The first-order valence-electron chi connectivity index (χ1n) is 8.28. The lowest BCUT2D eigenvalue weighted by atomic mass is 10.1. The van der Waals surface area contributed by atoms with E-state index in [2.05, 4.69) is 15.2 Å². The third kappa shape index (κ3) is 4.63. The van der Waals surface area contributed by atoms with Crippen molar-refractivity contribution in [1.29, 1.82) is 0 Å². The average Bonchev–Trinajstić information content (AvgIpc) is 3.02. The summed E-state index contributed by atoms with van der Waals surface area (Å²) in [5.41, 5.74) is 1.26. The number of amides is 1. The van der Waals surface area contributed by atoms with Crippen LogP contribution in [0.4, 0.5) is 10.8 Å². The maximum atomic E-state index is 12.3. The van der Waals surface area contributed by atoms with Crippen molar-refractivity contribution in [2.24, 2.45) is 0 Å². The fraction of sp³-hybridized carbons (Fsp3) is 0.412. The van der Waals surface area contributed by atoms with Crippen LogP contribution in [-0.4, -0.2) is 52.6 Å². The summed E-state index contributed by atoms with van der Waals surface area (Å²) in [4.78, 5) is 29.1. The zero-order chi connectivity index (χ0) is 18.7. The summed E-state index contributed by atoms with van der Waals surface area (Å²) in [5, 5.41) is 15.9. The van der Waals surface area contributed by atoms with Gasteiger partial charge in [0.05, 0.1) is 29.4 Å². The van der Waals surface area contributed by atoms with Crippen molar-refractivity contribution < 1.29 is 14.5 Å². The molecule has 1 aromatic carbocycles. The van der Waals surface area contributed by atoms with Crippen LogP contribution < -0.4 is 5.32 Å². The Morgan fingerprint density at radius 3 is 2.85 bits per heavy atom. The Bertz CT molecular complexity index is 800. The Balaban J connectivity index is 1.62. The van der Waals surface area contributed by atoms with Gasteiger partial charge < -0.3 is 10.1 Å². The van der Waals surface area contributed by atoms with Gasteiger partial charge in [-0.15, -0.1) is 11.3 Å². The summed E-state index contributed by atoms with van der Waals surface area (Å²) in [7, 11) is 0. The molecule has 1 saturated heterocycles. The van der Waals surface area contributed by atoms with Crippen LogP contribution in [0.1, 0.15) is 13.8 Å². The molecule has 1 fully saturated rings. The van der Waals surface area contributed by atoms with E-state index < -0.39 is 4.92 Å². The van der Waals surface area contributed by atoms with Crippen LogP contribution in [0.3, 0.4) is 0 Å². The van der Waals surface area contributed by atoms with Crippen molar-refractivity contribution in [2.45, 2.75) is 26.1 Å². The molecule has 2 atom stereocenters. The number of nitrogens with one attached hydrogen (secondary N) is 1. The highest BCUT2D eigenvalue weighted by Gasteiger charge is 2.24. The van der Waals surface area contributed by atoms with Gasteiger partial charge in [0, 0.05) is 36.2 Å². The zero-order valence-corrected chi connectivity index (χ0v) is 15.4. The van der Waals surface area contributed by atoms with Crippen LogP contribution in [0.15, 0.2) is 29.6 Å². The molecule has 8 nitrogen and oxygen atoms in total. The van der Waals surface area contributed by atoms with Crippen LogP contribution in [0, 0.1) is 10.1 Å². The molecule has 2 unspecified atom stereocenters. The van der Waals surface area contributed by atoms with Crippen LogP contribution >= 0.6 is 11.3 Å². The first kappa shape index (κ1) is 18.4. The van der Waals surface area contributed by atoms with Crippen molar-refractivity contribution >= 4 is 28.1 Å². The fourth-order valence-corrected chi connectivity index (χ4v) is 3.75. The van der Waals surface area contributed by atoms with E-state index in [1.54, 1.807) is 17.5 Å². The number of anilines is 1. The largest absolute Gasteiger partial charge is 0.373 e. The fourth-order valence-electron chi connectivity index (χ4n) is 3.02. The lowest BCUT2D eigenvalue weighted by molar-refractivity contribution is -0.384. The molecule has 9 heteroatoms. The van der Waals surface area contributed by atoms with Crippen LogP contribution in [0.25, 0.3) is 11.3 Å². The first-order valence-corrected chi connectivity index (χ1v) is 9.16. The Morgan fingerprint density at radius 2 is 2.15 bits per heavy atom. The normalized spacial score (nSPS) is 20.7. The number of carbonyl (C=O) groups excluding carboxylic acids is 1. The second-order valence-electron chi connectivity index (χ2n) is 6.34. The van der Waals surface area contributed by atoms with E-state index in [0.29, 0.717) is 29.5 Å². The van der Waals surface area contributed by atoms with Gasteiger partial charge in [-0.1, -0.05) is 12.1 Å². The maximum absolute atomic E-state index is 12.3. The van der Waals surface area contributed by atoms with Gasteiger partial charge in [0.1, 0.15) is 0 Å². The molecule has 0 radical (unpaired) electrons. The van der Waals surface area contributed by atoms with Crippen molar-refractivity contribution in [2.75, 3.05) is 25.0 Å². The molecular weight excluding hydrogens is 356 g/mol. The molecule has 1 N–H and O–H groups in total. The van der Waals surface area contributed by atoms with Gasteiger partial charge in [-0.05, 0) is 13.8 Å². The van der Waals surface area contributed by atoms with Crippen molar-refractivity contribution in [3.8, 4) is 11.3 Å². The summed E-state index contributed by atoms with van der Waals surface area (Å²) in [5.74, 6) is -0.133. The van der Waals surface area contributed by atoms with E-state index in [-0.39, 0.29) is 30.3 Å². The summed E-state index contributed by atoms with van der Waals surface area (Å²) in [6.07, 6.45) is 0.207. The Morgan fingerprint density at radius 1 is 1.42 bits per heavy atom. The molecule has 1 aliphatic rings. The monoisotopic (exact) mass is 376 g/mol. The molecule has 2 aromatic rings. The molecular formula is C17H20N4O4S. The minimum absolute atomic E-state index is 0.0108. The summed E-state index contributed by atoms with van der Waals surface area (Å²) in [6.45, 7) is 5.70. The number of nitro benzene ring substituents is 1. The van der Waals surface area contributed by atoms with Crippen molar-refractivity contribution in [1.82, 2.24) is 9.88 Å². The summed E-state index contributed by atoms with van der Waals surface area (Å²) in [6, 6.07) is 6.27. The van der Waals surface area contributed by atoms with Gasteiger partial charge in [-0.3, -0.25) is 19.8 Å². The molecule has 1 aromatic heterocycles. The number of nitro groups is 1. The Labute approximate surface area is 154 Å². The van der Waals surface area contributed by atoms with E-state index in [1.807, 2.05) is 13.8 Å². The number of aromatic nitrogens is 1. The van der Waals surface area contributed by atoms with Gasteiger partial charge in [0.15, 0.2) is 5.13 Å². The second-order valence-corrected chi connectivity index (χ2v) is 7.20. The third-order valence-corrected chi connectivity index (χ3v) is 4.72. The highest BCUT2D eigenvalue weighted by Crippen LogP contribution is 2.27. The van der Waals surface area contributed by atoms with E-state index in [1.165, 1.54) is 23.5 Å². The molecule has 26 heavy (non-hydrogen) atoms. The lowest BCUT2D eigenvalue weighted by Crippen LogP contribution is -2.48. The molecule has 3 rings (SSSR count). The minimum Gasteiger partial charge on any atom is -0.373 e. The highest BCUT2D eigenvalue weighted by molar-refractivity contribution is 7.14. The number of benzene rings is 1. The van der Waals surface area contributed by atoms with E-state index in [4.69, 9.17) is 4.74 Å². The number of hydrogen-bond donors (Lipinski definition) is 1. The Hall–Kier alpha value is -2.36. The second kappa shape index (κ2) is 7.90. The van der Waals surface area contributed by atoms with Crippen molar-refractivity contribution in [3.63, 3.8) is 0 Å². The third-order valence-electron chi connectivity index (χ3n) is 3.97. The van der Waals surface area contributed by atoms with Gasteiger partial charge in [-0.25, -0.2) is 4.98 Å². The van der Waals surface area contributed by atoms with Gasteiger partial charge >= 0.3 is 0 Å². The number of nitrogens with zero attached hydrogens (tertiary/aromatic N) is 3. The average molecular weight is 376 g/mol. The molecule has 0 saturated carbocycles. The van der Waals surface area contributed by atoms with Crippen LogP contribution in [0.2, 0.25) is 0 Å². The SMILES string of the molecule is CC1CN(CC(=O)Nc2nc(-c3cccc([N+](=O)[O-])c3)cs2)CC(C)O1. The Kier molecular flexibility index (Phi) is 5.60. The molecule has 2 heterocycles. The number of carbonyl (C=O) groups is 1. The number of ether oxygens (including phenoxy) is 1. The quantitative estimate of drug-likeness (QED) is 0.636. The number of non-ortho nitro benzene ring substituents is 1. The van der Waals surface area contributed by atoms with Crippen LogP contribution in [-0.2, 0) is 9.53 Å². The molecule has 0 spiro atoms. The molecule has 1 amide bonds. The topological polar surface area (TPSA) is 97.6 Å². The maximum Gasteiger partial charge on any atom is 0.270 e. The number of hydrogen-bond acceptors (Lipinski definition) is 7. The minimum atomic E-state index is -0.442. The van der Waals surface area contributed by atoms with Gasteiger partial charge in [-0.2, -0.15) is 0 Å². The molecule has 1 aliphatic heterocycles. The highest BCUT2D eigenvalue weighted by atomic mass is 32.1. The predicted octanol–water partition coefficient (Wildman–Crippen LogP) is 2.77. The molecule has 0 aliphatic carbocycles. The summed E-state index contributed by atoms with van der Waals surface area (Å²) >= 11 is 1.29. The van der Waals surface area contributed by atoms with E-state index in [0.717, 1.165) is 0 Å². The molecule has 0 bridgehead atoms. The smallest absolute Gasteiger partial charge is 0.270 e. The van der Waals surface area contributed by atoms with Crippen LogP contribution in [0.5, 0.6) is 0 Å². The number of thiazole rings is 1. The predicted molar refractivity (Wildman–Crippen MR) is 99.3 cm³/mol. The first-order chi connectivity index (χ1) is 12.4. The van der Waals surface area contributed by atoms with Gasteiger partial charge in [0.25, 0.3) is 5.69 Å². The molecule has 138 valence electrons. The number of morpholine rings is 1. The summed E-state index contributed by atoms with van der Waals surface area (Å²) < 4.78 is 5.66. The van der Waals surface area contributed by atoms with Gasteiger partial charge in [0.2, 0.25) is 5.91 Å². The standard InChI is InChI=1S/C17H20N4O4S/c1-11-7-20(8-12(2)25-11)9-16(22)19-17-18-15(10-26-17)13-4-3-5-14(6-13)21(23)24/h3-6,10-12H,7-9H2,1-2H3,(H,18,19,22). The van der Waals surface area contributed by atoms with Crippen molar-refractivity contribution in [3.05, 3.63) is 39.8 Å². The number of rotatable bonds is 5. The zero-order valence-electron chi connectivity index (χ0n) is 14.5. The lowest BCUT2D eigenvalue weighted by Gasteiger charge is -2.34. The van der Waals surface area contributed by atoms with E-state index in [9.17, 15) is 14.9 Å².